The highest BCUT2D eigenvalue weighted by Crippen LogP contribution is 2.12. The second-order valence-corrected chi connectivity index (χ2v) is 6.15. The fourth-order valence-electron chi connectivity index (χ4n) is 2.06. The van der Waals surface area contributed by atoms with Gasteiger partial charge in [-0.2, -0.15) is 9.90 Å². The van der Waals surface area contributed by atoms with Gasteiger partial charge >= 0.3 is 0 Å². The van der Waals surface area contributed by atoms with E-state index in [0.29, 0.717) is 5.82 Å². The van der Waals surface area contributed by atoms with Gasteiger partial charge in [0, 0.05) is 16.3 Å². The molecule has 1 N–H and O–H groups in total. The molecule has 3 aromatic rings. The lowest BCUT2D eigenvalue weighted by atomic mass is 10.2. The number of nitrogens with zero attached hydrogens (tertiary/aromatic N) is 5. The minimum atomic E-state index is -0.338. The molecule has 0 aliphatic carbocycles. The van der Waals surface area contributed by atoms with Gasteiger partial charge in [0.2, 0.25) is 5.82 Å². The second kappa shape index (κ2) is 8.82. The molecule has 0 aliphatic rings. The van der Waals surface area contributed by atoms with Crippen LogP contribution in [0.2, 0.25) is 0 Å². The number of hydrazone groups is 1. The van der Waals surface area contributed by atoms with Gasteiger partial charge in [0.1, 0.15) is 6.54 Å². The third-order valence-electron chi connectivity index (χ3n) is 3.28. The van der Waals surface area contributed by atoms with Gasteiger partial charge in [0.15, 0.2) is 0 Å². The van der Waals surface area contributed by atoms with Gasteiger partial charge in [-0.3, -0.25) is 4.79 Å². The normalized spacial score (nSPS) is 11.3. The Morgan fingerprint density at radius 3 is 2.69 bits per heavy atom. The molecule has 0 aliphatic heterocycles. The predicted octanol–water partition coefficient (Wildman–Crippen LogP) is 2.92. The number of nitrogens with one attached hydrogen (secondary N) is 1. The van der Waals surface area contributed by atoms with Crippen molar-refractivity contribution in [2.75, 3.05) is 0 Å². The van der Waals surface area contributed by atoms with Crippen LogP contribution >= 0.6 is 15.9 Å². The van der Waals surface area contributed by atoms with Gasteiger partial charge in [-0.15, -0.1) is 10.2 Å². The number of hydrogen-bond donors (Lipinski definition) is 1. The van der Waals surface area contributed by atoms with Crippen molar-refractivity contribution >= 4 is 34.1 Å². The Kier molecular flexibility index (Phi) is 6.00. The van der Waals surface area contributed by atoms with Crippen molar-refractivity contribution in [2.24, 2.45) is 5.10 Å². The molecule has 1 heterocycles. The van der Waals surface area contributed by atoms with Gasteiger partial charge < -0.3 is 0 Å². The quantitative estimate of drug-likeness (QED) is 0.499. The first kappa shape index (κ1) is 17.7. The zero-order valence-corrected chi connectivity index (χ0v) is 15.2. The van der Waals surface area contributed by atoms with Crippen LogP contribution in [0.1, 0.15) is 5.56 Å². The number of hydrogen-bond acceptors (Lipinski definition) is 5. The minimum absolute atomic E-state index is 0.0619. The molecule has 26 heavy (non-hydrogen) atoms. The summed E-state index contributed by atoms with van der Waals surface area (Å²) in [4.78, 5) is 13.1. The van der Waals surface area contributed by atoms with Crippen LogP contribution in [0.3, 0.4) is 0 Å². The number of benzene rings is 2. The zero-order valence-electron chi connectivity index (χ0n) is 13.7. The first-order chi connectivity index (χ1) is 12.7. The number of carbonyl (C=O) groups excluding carboxylic acids is 1. The summed E-state index contributed by atoms with van der Waals surface area (Å²) in [7, 11) is 0. The minimum Gasteiger partial charge on any atom is -0.271 e. The lowest BCUT2D eigenvalue weighted by Gasteiger charge is -1.97. The van der Waals surface area contributed by atoms with Gasteiger partial charge in [-0.05, 0) is 29.0 Å². The molecule has 1 amide bonds. The highest BCUT2D eigenvalue weighted by molar-refractivity contribution is 9.10. The van der Waals surface area contributed by atoms with Crippen molar-refractivity contribution in [1.82, 2.24) is 25.6 Å². The van der Waals surface area contributed by atoms with E-state index in [4.69, 9.17) is 0 Å². The maximum Gasteiger partial charge on any atom is 0.263 e. The molecule has 130 valence electrons. The molecule has 0 radical (unpaired) electrons. The van der Waals surface area contributed by atoms with Crippen molar-refractivity contribution < 1.29 is 4.79 Å². The average molecular weight is 411 g/mol. The molecular formula is C18H15BrN6O. The molecule has 0 fully saturated rings. The van der Waals surface area contributed by atoms with Gasteiger partial charge in [-0.25, -0.2) is 5.43 Å². The zero-order chi connectivity index (χ0) is 18.2. The first-order valence-electron chi connectivity index (χ1n) is 7.78. The van der Waals surface area contributed by atoms with E-state index >= 15 is 0 Å². The molecule has 8 heteroatoms. The van der Waals surface area contributed by atoms with Crippen molar-refractivity contribution in [3.8, 4) is 11.4 Å². The van der Waals surface area contributed by atoms with Crippen LogP contribution in [0.15, 0.2) is 70.2 Å². The van der Waals surface area contributed by atoms with Gasteiger partial charge in [0.25, 0.3) is 5.91 Å². The van der Waals surface area contributed by atoms with Crippen LogP contribution in [0.5, 0.6) is 0 Å². The van der Waals surface area contributed by atoms with Crippen LogP contribution in [0, 0.1) is 0 Å². The number of rotatable bonds is 6. The number of carbonyl (C=O) groups is 1. The van der Waals surface area contributed by atoms with E-state index in [9.17, 15) is 4.79 Å². The fraction of sp³-hybridized carbons (Fsp3) is 0.0556. The van der Waals surface area contributed by atoms with Crippen LogP contribution in [0.25, 0.3) is 17.5 Å². The molecule has 0 unspecified atom stereocenters. The lowest BCUT2D eigenvalue weighted by molar-refractivity contribution is -0.122. The maximum atomic E-state index is 11.8. The predicted molar refractivity (Wildman–Crippen MR) is 103 cm³/mol. The molecule has 0 bridgehead atoms. The van der Waals surface area contributed by atoms with E-state index < -0.39 is 0 Å². The standard InChI is InChI=1S/C18H15BrN6O/c19-16-10-8-14(9-11-16)5-4-12-20-21-17(26)13-25-23-18(22-24-25)15-6-2-1-3-7-15/h1-12H,13H2,(H,21,26). The highest BCUT2D eigenvalue weighted by atomic mass is 79.9. The van der Waals surface area contributed by atoms with E-state index in [1.807, 2.05) is 60.7 Å². The first-order valence-corrected chi connectivity index (χ1v) is 8.57. The Labute approximate surface area is 158 Å². The topological polar surface area (TPSA) is 85.1 Å². The third kappa shape index (κ3) is 5.18. The number of amides is 1. The Hall–Kier alpha value is -3.13. The fourth-order valence-corrected chi connectivity index (χ4v) is 2.32. The Morgan fingerprint density at radius 1 is 1.15 bits per heavy atom. The van der Waals surface area contributed by atoms with E-state index in [0.717, 1.165) is 15.6 Å². The summed E-state index contributed by atoms with van der Waals surface area (Å²) in [5, 5.41) is 15.8. The van der Waals surface area contributed by atoms with Crippen molar-refractivity contribution in [3.05, 3.63) is 70.7 Å². The van der Waals surface area contributed by atoms with Crippen LogP contribution in [-0.4, -0.2) is 32.3 Å². The average Bonchev–Trinajstić information content (AvgIpc) is 3.12. The molecule has 0 atom stereocenters. The smallest absolute Gasteiger partial charge is 0.263 e. The molecule has 0 saturated carbocycles. The van der Waals surface area contributed by atoms with E-state index in [-0.39, 0.29) is 12.5 Å². The summed E-state index contributed by atoms with van der Waals surface area (Å²) >= 11 is 3.38. The van der Waals surface area contributed by atoms with E-state index in [1.165, 1.54) is 11.0 Å². The molecule has 3 rings (SSSR count). The maximum absolute atomic E-state index is 11.8. The van der Waals surface area contributed by atoms with E-state index in [1.54, 1.807) is 6.08 Å². The van der Waals surface area contributed by atoms with Crippen molar-refractivity contribution in [3.63, 3.8) is 0 Å². The molecule has 2 aromatic carbocycles. The van der Waals surface area contributed by atoms with Crippen molar-refractivity contribution in [1.29, 1.82) is 0 Å². The molecule has 7 nitrogen and oxygen atoms in total. The molecule has 1 aromatic heterocycles. The van der Waals surface area contributed by atoms with E-state index in [2.05, 4.69) is 41.9 Å². The lowest BCUT2D eigenvalue weighted by Crippen LogP contribution is -2.24. The summed E-state index contributed by atoms with van der Waals surface area (Å²) in [6.07, 6.45) is 5.13. The summed E-state index contributed by atoms with van der Waals surface area (Å²) in [5.41, 5.74) is 4.30. The molecular weight excluding hydrogens is 396 g/mol. The monoisotopic (exact) mass is 410 g/mol. The third-order valence-corrected chi connectivity index (χ3v) is 3.81. The Bertz CT molecular complexity index is 918. The van der Waals surface area contributed by atoms with Crippen LogP contribution in [-0.2, 0) is 11.3 Å². The number of allylic oxidation sites excluding steroid dienone is 1. The SMILES string of the molecule is O=C(Cn1nnc(-c2ccccc2)n1)NN=CC=Cc1ccc(Br)cc1. The largest absolute Gasteiger partial charge is 0.271 e. The number of tetrazole rings is 1. The summed E-state index contributed by atoms with van der Waals surface area (Å²) in [5.74, 6) is 0.134. The van der Waals surface area contributed by atoms with Crippen LogP contribution < -0.4 is 5.43 Å². The Balaban J connectivity index is 1.48. The molecule has 0 saturated heterocycles. The van der Waals surface area contributed by atoms with Crippen molar-refractivity contribution in [2.45, 2.75) is 6.54 Å². The second-order valence-electron chi connectivity index (χ2n) is 5.23. The molecule has 0 spiro atoms. The number of halogens is 1. The number of aromatic nitrogens is 4. The highest BCUT2D eigenvalue weighted by Gasteiger charge is 2.08. The van der Waals surface area contributed by atoms with Gasteiger partial charge in [-0.1, -0.05) is 64.5 Å². The summed E-state index contributed by atoms with van der Waals surface area (Å²) in [6, 6.07) is 17.3. The summed E-state index contributed by atoms with van der Waals surface area (Å²) < 4.78 is 1.02. The summed E-state index contributed by atoms with van der Waals surface area (Å²) in [6.45, 7) is -0.0619. The Morgan fingerprint density at radius 2 is 1.92 bits per heavy atom. The van der Waals surface area contributed by atoms with Gasteiger partial charge in [0.05, 0.1) is 0 Å². The van der Waals surface area contributed by atoms with Crippen LogP contribution in [0.4, 0.5) is 0 Å².